The Hall–Kier alpha value is 0.370. The van der Waals surface area contributed by atoms with E-state index in [1.165, 1.54) is 63.5 Å². The standard InChI is InChI=1S/C18H34OS2/c1-3-4-5-6-7-8-9-10-11-12-13-17(19)18-16(2)20-14-15-21-18/h16,18H,3-15H2,1-2H3. The fraction of sp³-hybridized carbons (Fsp3) is 0.944. The van der Waals surface area contributed by atoms with E-state index in [9.17, 15) is 4.79 Å². The topological polar surface area (TPSA) is 17.1 Å². The minimum absolute atomic E-state index is 0.280. The normalized spacial score (nSPS) is 22.4. The number of thioether (sulfide) groups is 2. The fourth-order valence-corrected chi connectivity index (χ4v) is 5.68. The third-order valence-corrected chi connectivity index (χ3v) is 7.42. The average molecular weight is 331 g/mol. The van der Waals surface area contributed by atoms with Crippen LogP contribution in [0.5, 0.6) is 0 Å². The number of hydrogen-bond donors (Lipinski definition) is 0. The third kappa shape index (κ3) is 9.18. The second-order valence-corrected chi connectivity index (χ2v) is 9.00. The summed E-state index contributed by atoms with van der Waals surface area (Å²) in [6, 6.07) is 0. The number of carbonyl (C=O) groups is 1. The van der Waals surface area contributed by atoms with Gasteiger partial charge in [0.15, 0.2) is 0 Å². The predicted octanol–water partition coefficient (Wildman–Crippen LogP) is 6.10. The smallest absolute Gasteiger partial charge is 0.146 e. The Labute approximate surface area is 140 Å². The van der Waals surface area contributed by atoms with Gasteiger partial charge in [0.2, 0.25) is 0 Å². The van der Waals surface area contributed by atoms with Crippen LogP contribution in [0.15, 0.2) is 0 Å². The summed E-state index contributed by atoms with van der Waals surface area (Å²) in [5.41, 5.74) is 0. The summed E-state index contributed by atoms with van der Waals surface area (Å²) in [5.74, 6) is 2.89. The molecule has 1 fully saturated rings. The summed E-state index contributed by atoms with van der Waals surface area (Å²) in [5, 5.41) is 0.807. The summed E-state index contributed by atoms with van der Waals surface area (Å²) >= 11 is 3.86. The van der Waals surface area contributed by atoms with Crippen LogP contribution in [0.4, 0.5) is 0 Å². The molecule has 1 rings (SSSR count). The summed E-state index contributed by atoms with van der Waals surface area (Å²) < 4.78 is 0. The van der Waals surface area contributed by atoms with E-state index in [0.29, 0.717) is 11.0 Å². The number of carbonyl (C=O) groups excluding carboxylic acids is 1. The zero-order valence-corrected chi connectivity index (χ0v) is 15.7. The van der Waals surface area contributed by atoms with E-state index >= 15 is 0 Å². The molecule has 0 aromatic rings. The molecule has 0 aliphatic carbocycles. The van der Waals surface area contributed by atoms with Crippen molar-refractivity contribution in [1.82, 2.24) is 0 Å². The molecule has 1 nitrogen and oxygen atoms in total. The Morgan fingerprint density at radius 2 is 1.38 bits per heavy atom. The van der Waals surface area contributed by atoms with Crippen LogP contribution < -0.4 is 0 Å². The first-order valence-corrected chi connectivity index (χ1v) is 11.1. The molecule has 0 spiro atoms. The molecule has 0 aromatic carbocycles. The van der Waals surface area contributed by atoms with Crippen molar-refractivity contribution in [3.63, 3.8) is 0 Å². The van der Waals surface area contributed by atoms with Crippen LogP contribution in [-0.2, 0) is 4.79 Å². The van der Waals surface area contributed by atoms with Crippen molar-refractivity contribution in [2.45, 2.75) is 95.0 Å². The quantitative estimate of drug-likeness (QED) is 0.402. The van der Waals surface area contributed by atoms with Gasteiger partial charge in [0.25, 0.3) is 0 Å². The van der Waals surface area contributed by atoms with Crippen LogP contribution in [0, 0.1) is 0 Å². The highest BCUT2D eigenvalue weighted by Crippen LogP contribution is 2.32. The zero-order chi connectivity index (χ0) is 15.3. The SMILES string of the molecule is CCCCCCCCCCCCC(=O)C1SCCSC1C. The minimum Gasteiger partial charge on any atom is -0.298 e. The maximum absolute atomic E-state index is 12.2. The summed E-state index contributed by atoms with van der Waals surface area (Å²) in [4.78, 5) is 12.2. The zero-order valence-electron chi connectivity index (χ0n) is 14.1. The number of rotatable bonds is 12. The van der Waals surface area contributed by atoms with Crippen molar-refractivity contribution in [3.05, 3.63) is 0 Å². The molecule has 0 saturated carbocycles. The highest BCUT2D eigenvalue weighted by atomic mass is 32.2. The van der Waals surface area contributed by atoms with Gasteiger partial charge in [0, 0.05) is 23.2 Å². The first-order valence-electron chi connectivity index (χ1n) is 9.01. The molecule has 2 unspecified atom stereocenters. The lowest BCUT2D eigenvalue weighted by atomic mass is 10.0. The van der Waals surface area contributed by atoms with Gasteiger partial charge in [-0.2, -0.15) is 11.8 Å². The van der Waals surface area contributed by atoms with E-state index in [4.69, 9.17) is 0 Å². The van der Waals surface area contributed by atoms with Crippen LogP contribution in [0.25, 0.3) is 0 Å². The Kier molecular flexibility index (Phi) is 11.9. The molecule has 21 heavy (non-hydrogen) atoms. The molecule has 0 bridgehead atoms. The maximum Gasteiger partial charge on any atom is 0.146 e. The molecule has 1 heterocycles. The molecule has 0 aromatic heterocycles. The average Bonchev–Trinajstić information content (AvgIpc) is 2.49. The van der Waals surface area contributed by atoms with Crippen molar-refractivity contribution in [1.29, 1.82) is 0 Å². The molecule has 124 valence electrons. The molecule has 0 N–H and O–H groups in total. The van der Waals surface area contributed by atoms with Gasteiger partial charge in [-0.05, 0) is 6.42 Å². The molecule has 3 heteroatoms. The van der Waals surface area contributed by atoms with Gasteiger partial charge in [0.05, 0.1) is 5.25 Å². The maximum atomic E-state index is 12.2. The Morgan fingerprint density at radius 1 is 0.857 bits per heavy atom. The molecular weight excluding hydrogens is 296 g/mol. The summed E-state index contributed by atoms with van der Waals surface area (Å²) in [6.07, 6.45) is 14.2. The Balaban J connectivity index is 1.90. The third-order valence-electron chi connectivity index (χ3n) is 4.28. The van der Waals surface area contributed by atoms with Gasteiger partial charge in [-0.15, -0.1) is 11.8 Å². The summed E-state index contributed by atoms with van der Waals surface area (Å²) in [6.45, 7) is 4.49. The van der Waals surface area contributed by atoms with Gasteiger partial charge in [-0.3, -0.25) is 4.79 Å². The first kappa shape index (κ1) is 19.4. The highest BCUT2D eigenvalue weighted by Gasteiger charge is 2.28. The van der Waals surface area contributed by atoms with Crippen LogP contribution in [0.3, 0.4) is 0 Å². The van der Waals surface area contributed by atoms with Gasteiger partial charge < -0.3 is 0 Å². The number of hydrogen-bond acceptors (Lipinski definition) is 3. The second kappa shape index (κ2) is 12.9. The monoisotopic (exact) mass is 330 g/mol. The van der Waals surface area contributed by atoms with Crippen molar-refractivity contribution < 1.29 is 4.79 Å². The van der Waals surface area contributed by atoms with Crippen LogP contribution in [-0.4, -0.2) is 27.8 Å². The van der Waals surface area contributed by atoms with Crippen LogP contribution in [0.2, 0.25) is 0 Å². The summed E-state index contributed by atoms with van der Waals surface area (Å²) in [7, 11) is 0. The second-order valence-electron chi connectivity index (χ2n) is 6.27. The van der Waals surface area contributed by atoms with Crippen molar-refractivity contribution in [2.75, 3.05) is 11.5 Å². The van der Waals surface area contributed by atoms with Gasteiger partial charge in [0.1, 0.15) is 5.78 Å². The van der Waals surface area contributed by atoms with E-state index in [1.54, 1.807) is 0 Å². The lowest BCUT2D eigenvalue weighted by Gasteiger charge is -2.26. The number of Topliss-reactive ketones (excluding diaryl/α,β-unsaturated/α-hetero) is 1. The molecule has 1 aliphatic rings. The Morgan fingerprint density at radius 3 is 1.95 bits per heavy atom. The number of unbranched alkanes of at least 4 members (excludes halogenated alkanes) is 9. The molecular formula is C18H34OS2. The highest BCUT2D eigenvalue weighted by molar-refractivity contribution is 8.07. The fourth-order valence-electron chi connectivity index (χ4n) is 2.92. The van der Waals surface area contributed by atoms with E-state index in [-0.39, 0.29) is 5.25 Å². The van der Waals surface area contributed by atoms with Crippen molar-refractivity contribution >= 4 is 29.3 Å². The van der Waals surface area contributed by atoms with E-state index in [2.05, 4.69) is 13.8 Å². The Bertz CT molecular complexity index is 268. The lowest BCUT2D eigenvalue weighted by Crippen LogP contribution is -2.30. The van der Waals surface area contributed by atoms with Crippen LogP contribution >= 0.6 is 23.5 Å². The van der Waals surface area contributed by atoms with E-state index in [0.717, 1.165) is 18.6 Å². The van der Waals surface area contributed by atoms with Crippen molar-refractivity contribution in [2.24, 2.45) is 0 Å². The predicted molar refractivity (Wildman–Crippen MR) is 99.6 cm³/mol. The van der Waals surface area contributed by atoms with E-state index < -0.39 is 0 Å². The largest absolute Gasteiger partial charge is 0.298 e. The van der Waals surface area contributed by atoms with Crippen molar-refractivity contribution in [3.8, 4) is 0 Å². The van der Waals surface area contributed by atoms with Gasteiger partial charge in [-0.25, -0.2) is 0 Å². The van der Waals surface area contributed by atoms with E-state index in [1.807, 2.05) is 23.5 Å². The molecule has 0 radical (unpaired) electrons. The molecule has 2 atom stereocenters. The molecule has 1 aliphatic heterocycles. The number of ketones is 1. The minimum atomic E-state index is 0.280. The van der Waals surface area contributed by atoms with Crippen LogP contribution in [0.1, 0.15) is 84.5 Å². The molecule has 0 amide bonds. The van der Waals surface area contributed by atoms with Gasteiger partial charge in [-0.1, -0.05) is 71.6 Å². The lowest BCUT2D eigenvalue weighted by molar-refractivity contribution is -0.118. The molecule has 1 saturated heterocycles. The first-order chi connectivity index (χ1) is 10.3. The van der Waals surface area contributed by atoms with Gasteiger partial charge >= 0.3 is 0 Å².